The lowest BCUT2D eigenvalue weighted by atomic mass is 9.77. The molecule has 0 radical (unpaired) electrons. The Morgan fingerprint density at radius 3 is 1.71 bits per heavy atom. The van der Waals surface area contributed by atoms with Crippen molar-refractivity contribution in [3.63, 3.8) is 0 Å². The average molecular weight is 583 g/mol. The molecule has 2 heterocycles. The number of rotatable bonds is 13. The van der Waals surface area contributed by atoms with Crippen molar-refractivity contribution < 1.29 is 33.8 Å². The topological polar surface area (TPSA) is 114 Å². The summed E-state index contributed by atoms with van der Waals surface area (Å²) < 4.78 is 17.8. The van der Waals surface area contributed by atoms with Gasteiger partial charge in [-0.3, -0.25) is 14.4 Å². The van der Waals surface area contributed by atoms with Crippen molar-refractivity contribution >= 4 is 17.9 Å². The fourth-order valence-corrected chi connectivity index (χ4v) is 7.03. The monoisotopic (exact) mass is 582 g/mol. The van der Waals surface area contributed by atoms with E-state index in [4.69, 9.17) is 14.2 Å². The Bertz CT molecular complexity index is 880. The van der Waals surface area contributed by atoms with Crippen LogP contribution in [0.1, 0.15) is 140 Å². The van der Waals surface area contributed by atoms with Crippen molar-refractivity contribution in [2.45, 2.75) is 174 Å². The van der Waals surface area contributed by atoms with E-state index < -0.39 is 34.5 Å². The van der Waals surface area contributed by atoms with Crippen molar-refractivity contribution in [1.29, 1.82) is 0 Å². The molecule has 0 aromatic carbocycles. The van der Waals surface area contributed by atoms with Crippen LogP contribution in [0.2, 0.25) is 0 Å². The quantitative estimate of drug-likeness (QED) is 0.115. The van der Waals surface area contributed by atoms with Gasteiger partial charge in [0.2, 0.25) is 0 Å². The zero-order valence-electron chi connectivity index (χ0n) is 27.5. The Kier molecular flexibility index (Phi) is 11.9. The maximum atomic E-state index is 14.2. The Hall–Kier alpha value is -1.71. The molecule has 2 rings (SSSR count). The molecule has 0 saturated carbocycles. The first-order valence-corrected chi connectivity index (χ1v) is 15.7. The van der Waals surface area contributed by atoms with Crippen LogP contribution in [0.25, 0.3) is 0 Å². The van der Waals surface area contributed by atoms with E-state index in [2.05, 4.69) is 33.0 Å². The standard InChI is InChI=1S/C32H58N2O7/c1-11-13-16-32(17-14-18-39-25(35)15-12-2,26(36)40-23-19-28(3,4)33-29(5,6)20-23)27(37)41-24-21-30(7,8)34(38)31(9,10)22-24/h23-24,33,38H,11-22H2,1-10H3. The van der Waals surface area contributed by atoms with E-state index >= 15 is 0 Å². The molecule has 2 saturated heterocycles. The summed E-state index contributed by atoms with van der Waals surface area (Å²) in [5.74, 6) is -1.41. The molecule has 0 spiro atoms. The second-order valence-corrected chi connectivity index (χ2v) is 15.0. The minimum absolute atomic E-state index is 0.129. The molecule has 2 N–H and O–H groups in total. The molecular weight excluding hydrogens is 524 g/mol. The van der Waals surface area contributed by atoms with Crippen LogP contribution in [0.4, 0.5) is 0 Å². The summed E-state index contributed by atoms with van der Waals surface area (Å²) in [6.45, 7) is 20.1. The first-order valence-electron chi connectivity index (χ1n) is 15.7. The molecule has 1 unspecified atom stereocenters. The van der Waals surface area contributed by atoms with Gasteiger partial charge in [-0.1, -0.05) is 26.7 Å². The number of carbonyl (C=O) groups excluding carboxylic acids is 3. The van der Waals surface area contributed by atoms with Crippen molar-refractivity contribution in [1.82, 2.24) is 10.4 Å². The predicted molar refractivity (Wildman–Crippen MR) is 158 cm³/mol. The van der Waals surface area contributed by atoms with Gasteiger partial charge in [0.25, 0.3) is 0 Å². The fourth-order valence-electron chi connectivity index (χ4n) is 7.03. The van der Waals surface area contributed by atoms with Gasteiger partial charge in [0, 0.05) is 54.3 Å². The number of hydroxylamine groups is 2. The van der Waals surface area contributed by atoms with E-state index in [9.17, 15) is 19.6 Å². The summed E-state index contributed by atoms with van der Waals surface area (Å²) in [5, 5.41) is 15.7. The first kappa shape index (κ1) is 35.5. The molecule has 41 heavy (non-hydrogen) atoms. The van der Waals surface area contributed by atoms with Crippen LogP contribution in [0, 0.1) is 5.41 Å². The summed E-state index contributed by atoms with van der Waals surface area (Å²) in [5.41, 5.74) is -3.20. The van der Waals surface area contributed by atoms with Crippen LogP contribution < -0.4 is 5.32 Å². The summed E-state index contributed by atoms with van der Waals surface area (Å²) in [7, 11) is 0. The third-order valence-corrected chi connectivity index (χ3v) is 8.50. The number of nitrogens with zero attached hydrogens (tertiary/aromatic N) is 1. The minimum Gasteiger partial charge on any atom is -0.466 e. The molecular formula is C32H58N2O7. The number of unbranched alkanes of at least 4 members (excludes halogenated alkanes) is 1. The van der Waals surface area contributed by atoms with Crippen LogP contribution in [0.5, 0.6) is 0 Å². The highest BCUT2D eigenvalue weighted by Crippen LogP contribution is 2.41. The lowest BCUT2D eigenvalue weighted by molar-refractivity contribution is -0.260. The van der Waals surface area contributed by atoms with E-state index in [0.29, 0.717) is 57.8 Å². The zero-order chi connectivity index (χ0) is 31.3. The molecule has 2 aliphatic heterocycles. The minimum atomic E-state index is -1.50. The largest absolute Gasteiger partial charge is 0.466 e. The molecule has 9 heteroatoms. The van der Waals surface area contributed by atoms with Crippen LogP contribution in [0.15, 0.2) is 0 Å². The van der Waals surface area contributed by atoms with Crippen molar-refractivity contribution in [3.8, 4) is 0 Å². The predicted octanol–water partition coefficient (Wildman–Crippen LogP) is 6.09. The molecule has 2 fully saturated rings. The number of piperidine rings is 2. The molecule has 0 aromatic rings. The van der Waals surface area contributed by atoms with E-state index in [-0.39, 0.29) is 36.2 Å². The van der Waals surface area contributed by atoms with Gasteiger partial charge in [-0.15, -0.1) is 0 Å². The summed E-state index contributed by atoms with van der Waals surface area (Å²) in [6.07, 6.45) is 4.61. The molecule has 0 aromatic heterocycles. The molecule has 0 bridgehead atoms. The molecule has 1 atom stereocenters. The van der Waals surface area contributed by atoms with E-state index in [1.54, 1.807) is 0 Å². The van der Waals surface area contributed by atoms with E-state index in [1.807, 2.05) is 41.5 Å². The van der Waals surface area contributed by atoms with Crippen LogP contribution in [-0.4, -0.2) is 69.1 Å². The Morgan fingerprint density at radius 1 is 0.780 bits per heavy atom. The van der Waals surface area contributed by atoms with Crippen molar-refractivity contribution in [3.05, 3.63) is 0 Å². The van der Waals surface area contributed by atoms with Gasteiger partial charge in [-0.25, -0.2) is 0 Å². The molecule has 0 aliphatic carbocycles. The van der Waals surface area contributed by atoms with E-state index in [0.717, 1.165) is 6.42 Å². The molecule has 238 valence electrons. The van der Waals surface area contributed by atoms with Gasteiger partial charge >= 0.3 is 17.9 Å². The number of hydrogen-bond donors (Lipinski definition) is 2. The zero-order valence-corrected chi connectivity index (χ0v) is 27.5. The maximum Gasteiger partial charge on any atom is 0.323 e. The number of ether oxygens (including phenoxy) is 3. The SMILES string of the molecule is CCCCC(CCCOC(=O)CCC)(C(=O)OC1CC(C)(C)NC(C)(C)C1)C(=O)OC1CC(C)(C)N(O)C(C)(C)C1. The van der Waals surface area contributed by atoms with Gasteiger partial charge in [0.1, 0.15) is 12.2 Å². The van der Waals surface area contributed by atoms with Crippen molar-refractivity contribution in [2.75, 3.05) is 6.61 Å². The van der Waals surface area contributed by atoms with Gasteiger partial charge < -0.3 is 24.7 Å². The third kappa shape index (κ3) is 9.65. The van der Waals surface area contributed by atoms with Crippen molar-refractivity contribution in [2.24, 2.45) is 5.41 Å². The Balaban J connectivity index is 2.36. The lowest BCUT2D eigenvalue weighted by Gasteiger charge is -2.51. The normalized spacial score (nSPS) is 23.8. The first-order chi connectivity index (χ1) is 18.8. The fraction of sp³-hybridized carbons (Fsp3) is 0.906. The van der Waals surface area contributed by atoms with Crippen LogP contribution >= 0.6 is 0 Å². The second kappa shape index (κ2) is 13.7. The summed E-state index contributed by atoms with van der Waals surface area (Å²) in [4.78, 5) is 40.3. The van der Waals surface area contributed by atoms with Gasteiger partial charge in [0.15, 0.2) is 5.41 Å². The summed E-state index contributed by atoms with van der Waals surface area (Å²) in [6, 6.07) is 0. The van der Waals surface area contributed by atoms with Gasteiger partial charge in [-0.05, 0) is 81.1 Å². The number of esters is 3. The molecule has 0 amide bonds. The van der Waals surface area contributed by atoms with E-state index in [1.165, 1.54) is 5.06 Å². The van der Waals surface area contributed by atoms with Gasteiger partial charge in [0.05, 0.1) is 6.61 Å². The lowest BCUT2D eigenvalue weighted by Crippen LogP contribution is -2.61. The molecule has 9 nitrogen and oxygen atoms in total. The average Bonchev–Trinajstić information content (AvgIpc) is 2.79. The molecule has 2 aliphatic rings. The number of hydrogen-bond acceptors (Lipinski definition) is 9. The maximum absolute atomic E-state index is 14.2. The van der Waals surface area contributed by atoms with Crippen LogP contribution in [-0.2, 0) is 28.6 Å². The van der Waals surface area contributed by atoms with Crippen LogP contribution in [0.3, 0.4) is 0 Å². The Labute approximate surface area is 248 Å². The van der Waals surface area contributed by atoms with Gasteiger partial charge in [-0.2, -0.15) is 5.06 Å². The highest BCUT2D eigenvalue weighted by Gasteiger charge is 2.53. The highest BCUT2D eigenvalue weighted by molar-refractivity contribution is 6.00. The Morgan fingerprint density at radius 2 is 1.24 bits per heavy atom. The third-order valence-electron chi connectivity index (χ3n) is 8.50. The summed E-state index contributed by atoms with van der Waals surface area (Å²) >= 11 is 0. The second-order valence-electron chi connectivity index (χ2n) is 15.0. The number of nitrogens with one attached hydrogen (secondary N) is 1. The highest BCUT2D eigenvalue weighted by atomic mass is 16.6. The smallest absolute Gasteiger partial charge is 0.323 e. The number of carbonyl (C=O) groups is 3.